The quantitative estimate of drug-likeness (QED) is 0.763. The van der Waals surface area contributed by atoms with Crippen LogP contribution in [0.2, 0.25) is 0 Å². The molecule has 0 aliphatic carbocycles. The van der Waals surface area contributed by atoms with Crippen LogP contribution >= 0.6 is 11.3 Å². The SMILES string of the molecule is CC(CNC(=O)c1ccc(F)cc1)n1nc(-c2cccs2)ccc1=O. The molecular formula is C18H16FN3O2S. The molecule has 2 aromatic heterocycles. The van der Waals surface area contributed by atoms with E-state index < -0.39 is 5.82 Å². The van der Waals surface area contributed by atoms with E-state index >= 15 is 0 Å². The van der Waals surface area contributed by atoms with Gasteiger partial charge in [-0.2, -0.15) is 5.10 Å². The maximum absolute atomic E-state index is 12.9. The van der Waals surface area contributed by atoms with Crippen molar-refractivity contribution in [3.05, 3.63) is 75.6 Å². The number of nitrogens with one attached hydrogen (secondary N) is 1. The summed E-state index contributed by atoms with van der Waals surface area (Å²) in [6.45, 7) is 2.04. The largest absolute Gasteiger partial charge is 0.350 e. The topological polar surface area (TPSA) is 64.0 Å². The summed E-state index contributed by atoms with van der Waals surface area (Å²) in [5, 5.41) is 9.07. The van der Waals surface area contributed by atoms with Gasteiger partial charge in [-0.3, -0.25) is 9.59 Å². The third kappa shape index (κ3) is 4.00. The van der Waals surface area contributed by atoms with Crippen molar-refractivity contribution >= 4 is 17.2 Å². The molecule has 1 N–H and O–H groups in total. The maximum atomic E-state index is 12.9. The Bertz CT molecular complexity index is 920. The standard InChI is InChI=1S/C18H16FN3O2S/c1-12(11-20-18(24)13-4-6-14(19)7-5-13)22-17(23)9-8-15(21-22)16-3-2-10-25-16/h2-10,12H,11H2,1H3,(H,20,24). The fraction of sp³-hybridized carbons (Fsp3) is 0.167. The minimum atomic E-state index is -0.397. The van der Waals surface area contributed by atoms with Gasteiger partial charge in [0.15, 0.2) is 0 Å². The van der Waals surface area contributed by atoms with E-state index in [1.807, 2.05) is 17.5 Å². The van der Waals surface area contributed by atoms with Crippen molar-refractivity contribution in [2.75, 3.05) is 6.54 Å². The molecule has 0 saturated heterocycles. The highest BCUT2D eigenvalue weighted by atomic mass is 32.1. The van der Waals surface area contributed by atoms with E-state index in [9.17, 15) is 14.0 Å². The summed E-state index contributed by atoms with van der Waals surface area (Å²) in [6.07, 6.45) is 0. The van der Waals surface area contributed by atoms with Gasteiger partial charge in [0.05, 0.1) is 10.9 Å². The minimum Gasteiger partial charge on any atom is -0.350 e. The van der Waals surface area contributed by atoms with Crippen LogP contribution in [0.1, 0.15) is 23.3 Å². The molecule has 0 fully saturated rings. The first-order valence-electron chi connectivity index (χ1n) is 7.72. The average Bonchev–Trinajstić information content (AvgIpc) is 3.15. The summed E-state index contributed by atoms with van der Waals surface area (Å²) in [5.41, 5.74) is 0.844. The van der Waals surface area contributed by atoms with Gasteiger partial charge in [0, 0.05) is 18.2 Å². The van der Waals surface area contributed by atoms with Crippen LogP contribution in [-0.2, 0) is 0 Å². The zero-order valence-electron chi connectivity index (χ0n) is 13.5. The van der Waals surface area contributed by atoms with E-state index in [-0.39, 0.29) is 24.1 Å². The van der Waals surface area contributed by atoms with Crippen molar-refractivity contribution in [3.8, 4) is 10.6 Å². The van der Waals surface area contributed by atoms with Crippen molar-refractivity contribution in [2.24, 2.45) is 0 Å². The molecule has 0 aliphatic rings. The lowest BCUT2D eigenvalue weighted by molar-refractivity contribution is 0.0947. The lowest BCUT2D eigenvalue weighted by Gasteiger charge is -2.15. The maximum Gasteiger partial charge on any atom is 0.267 e. The van der Waals surface area contributed by atoms with Crippen LogP contribution in [-0.4, -0.2) is 22.2 Å². The molecule has 0 spiro atoms. The number of hydrogen-bond acceptors (Lipinski definition) is 4. The summed E-state index contributed by atoms with van der Waals surface area (Å²) in [6, 6.07) is 12.0. The fourth-order valence-corrected chi connectivity index (χ4v) is 3.02. The Morgan fingerprint density at radius 2 is 2.00 bits per heavy atom. The third-order valence-electron chi connectivity index (χ3n) is 3.68. The highest BCUT2D eigenvalue weighted by Crippen LogP contribution is 2.21. The van der Waals surface area contributed by atoms with Crippen LogP contribution < -0.4 is 10.9 Å². The molecule has 5 nitrogen and oxygen atoms in total. The molecule has 1 amide bonds. The number of thiophene rings is 1. The molecule has 1 atom stereocenters. The lowest BCUT2D eigenvalue weighted by atomic mass is 10.2. The summed E-state index contributed by atoms with van der Waals surface area (Å²) in [7, 11) is 0. The Labute approximate surface area is 147 Å². The van der Waals surface area contributed by atoms with E-state index in [1.54, 1.807) is 24.3 Å². The molecule has 3 aromatic rings. The molecular weight excluding hydrogens is 341 g/mol. The Balaban J connectivity index is 1.71. The summed E-state index contributed by atoms with van der Waals surface area (Å²) < 4.78 is 14.3. The molecule has 3 rings (SSSR count). The number of carbonyl (C=O) groups is 1. The molecule has 128 valence electrons. The number of aromatic nitrogens is 2. The molecule has 0 saturated carbocycles. The number of rotatable bonds is 5. The van der Waals surface area contributed by atoms with Gasteiger partial charge >= 0.3 is 0 Å². The van der Waals surface area contributed by atoms with Crippen molar-refractivity contribution in [1.82, 2.24) is 15.1 Å². The summed E-state index contributed by atoms with van der Waals surface area (Å²) >= 11 is 1.54. The molecule has 25 heavy (non-hydrogen) atoms. The predicted octanol–water partition coefficient (Wildman–Crippen LogP) is 3.10. The van der Waals surface area contributed by atoms with Crippen LogP contribution in [0.15, 0.2) is 58.7 Å². The first kappa shape index (κ1) is 17.0. The van der Waals surface area contributed by atoms with Gasteiger partial charge in [-0.25, -0.2) is 9.07 Å². The highest BCUT2D eigenvalue weighted by Gasteiger charge is 2.13. The van der Waals surface area contributed by atoms with E-state index in [1.165, 1.54) is 35.0 Å². The Hall–Kier alpha value is -2.80. The predicted molar refractivity (Wildman–Crippen MR) is 95.3 cm³/mol. The molecule has 2 heterocycles. The van der Waals surface area contributed by atoms with Crippen LogP contribution in [0.25, 0.3) is 10.6 Å². The minimum absolute atomic E-state index is 0.233. The number of nitrogens with zero attached hydrogens (tertiary/aromatic N) is 2. The van der Waals surface area contributed by atoms with Gasteiger partial charge < -0.3 is 5.32 Å². The van der Waals surface area contributed by atoms with E-state index in [4.69, 9.17) is 0 Å². The number of amides is 1. The Kier molecular flexibility index (Phi) is 5.04. The number of benzene rings is 1. The average molecular weight is 357 g/mol. The Morgan fingerprint density at radius 1 is 1.24 bits per heavy atom. The van der Waals surface area contributed by atoms with Crippen molar-refractivity contribution in [2.45, 2.75) is 13.0 Å². The number of carbonyl (C=O) groups excluding carboxylic acids is 1. The second kappa shape index (κ2) is 7.40. The molecule has 1 unspecified atom stereocenters. The molecule has 0 bridgehead atoms. The number of halogens is 1. The van der Waals surface area contributed by atoms with Gasteiger partial charge in [0.1, 0.15) is 11.5 Å². The molecule has 1 aromatic carbocycles. The van der Waals surface area contributed by atoms with Crippen LogP contribution in [0.4, 0.5) is 4.39 Å². The van der Waals surface area contributed by atoms with Crippen molar-refractivity contribution in [1.29, 1.82) is 0 Å². The van der Waals surface area contributed by atoms with Gasteiger partial charge in [-0.1, -0.05) is 6.07 Å². The monoisotopic (exact) mass is 357 g/mol. The first-order valence-corrected chi connectivity index (χ1v) is 8.60. The smallest absolute Gasteiger partial charge is 0.267 e. The Morgan fingerprint density at radius 3 is 2.68 bits per heavy atom. The zero-order chi connectivity index (χ0) is 17.8. The third-order valence-corrected chi connectivity index (χ3v) is 4.57. The number of hydrogen-bond donors (Lipinski definition) is 1. The zero-order valence-corrected chi connectivity index (χ0v) is 14.3. The fourth-order valence-electron chi connectivity index (χ4n) is 2.33. The van der Waals surface area contributed by atoms with Crippen LogP contribution in [0.5, 0.6) is 0 Å². The van der Waals surface area contributed by atoms with Gasteiger partial charge in [-0.05, 0) is 48.7 Å². The van der Waals surface area contributed by atoms with E-state index in [0.717, 1.165) is 4.88 Å². The molecule has 0 aliphatic heterocycles. The van der Waals surface area contributed by atoms with Gasteiger partial charge in [-0.15, -0.1) is 11.3 Å². The van der Waals surface area contributed by atoms with Crippen molar-refractivity contribution < 1.29 is 9.18 Å². The van der Waals surface area contributed by atoms with Crippen LogP contribution in [0, 0.1) is 5.82 Å². The lowest BCUT2D eigenvalue weighted by Crippen LogP contribution is -2.34. The highest BCUT2D eigenvalue weighted by molar-refractivity contribution is 7.13. The summed E-state index contributed by atoms with van der Waals surface area (Å²) in [4.78, 5) is 25.1. The second-order valence-electron chi connectivity index (χ2n) is 5.54. The molecule has 7 heteroatoms. The van der Waals surface area contributed by atoms with Crippen LogP contribution in [0.3, 0.4) is 0 Å². The van der Waals surface area contributed by atoms with Gasteiger partial charge in [0.25, 0.3) is 11.5 Å². The van der Waals surface area contributed by atoms with E-state index in [0.29, 0.717) is 11.3 Å². The first-order chi connectivity index (χ1) is 12.0. The molecule has 0 radical (unpaired) electrons. The normalized spacial score (nSPS) is 11.9. The van der Waals surface area contributed by atoms with E-state index in [2.05, 4.69) is 10.4 Å². The second-order valence-corrected chi connectivity index (χ2v) is 6.49. The summed E-state index contributed by atoms with van der Waals surface area (Å²) in [5.74, 6) is -0.722. The van der Waals surface area contributed by atoms with Gasteiger partial charge in [0.2, 0.25) is 0 Å². The van der Waals surface area contributed by atoms with Crippen molar-refractivity contribution in [3.63, 3.8) is 0 Å².